The minimum absolute atomic E-state index is 0.539. The van der Waals surface area contributed by atoms with Crippen LogP contribution in [0.1, 0.15) is 5.56 Å². The number of hydrogen-bond acceptors (Lipinski definition) is 3. The van der Waals surface area contributed by atoms with Crippen molar-refractivity contribution < 1.29 is 23.8 Å². The molecule has 0 aliphatic heterocycles. The topological polar surface area (TPSA) is 83.5 Å². The lowest BCUT2D eigenvalue weighted by atomic mass is 10.0. The monoisotopic (exact) mass is 251 g/mol. The smallest absolute Gasteiger partial charge is 0.320 e. The van der Waals surface area contributed by atoms with Crippen molar-refractivity contribution in [1.82, 2.24) is 0 Å². The SMILES string of the molecule is NC(Cc1c(O)c(F)cc(Cl)c1F)C(=O)O. The third kappa shape index (κ3) is 2.40. The molecule has 0 amide bonds. The van der Waals surface area contributed by atoms with Crippen LogP contribution in [0, 0.1) is 11.6 Å². The number of carbonyl (C=O) groups is 1. The highest BCUT2D eigenvalue weighted by Crippen LogP contribution is 2.30. The number of halogens is 3. The third-order valence-corrected chi connectivity index (χ3v) is 2.26. The maximum atomic E-state index is 13.4. The summed E-state index contributed by atoms with van der Waals surface area (Å²) in [4.78, 5) is 10.4. The van der Waals surface area contributed by atoms with Crippen LogP contribution in [0.4, 0.5) is 8.78 Å². The molecule has 16 heavy (non-hydrogen) atoms. The number of carboxylic acid groups (broad SMARTS) is 1. The molecule has 7 heteroatoms. The number of phenols is 1. The lowest BCUT2D eigenvalue weighted by Gasteiger charge is -2.10. The average molecular weight is 252 g/mol. The van der Waals surface area contributed by atoms with Gasteiger partial charge in [-0.05, 0) is 6.07 Å². The molecular weight excluding hydrogens is 244 g/mol. The van der Waals surface area contributed by atoms with Crippen LogP contribution in [-0.4, -0.2) is 22.2 Å². The summed E-state index contributed by atoms with van der Waals surface area (Å²) >= 11 is 5.34. The minimum atomic E-state index is -1.45. The van der Waals surface area contributed by atoms with E-state index in [0.717, 1.165) is 0 Å². The molecule has 0 bridgehead atoms. The van der Waals surface area contributed by atoms with Gasteiger partial charge >= 0.3 is 5.97 Å². The van der Waals surface area contributed by atoms with Crippen molar-refractivity contribution in [3.05, 3.63) is 28.3 Å². The zero-order chi connectivity index (χ0) is 12.5. The molecule has 0 aromatic heterocycles. The fourth-order valence-electron chi connectivity index (χ4n) is 1.13. The first kappa shape index (κ1) is 12.7. The maximum Gasteiger partial charge on any atom is 0.320 e. The molecular formula is C9H8ClF2NO3. The zero-order valence-electron chi connectivity index (χ0n) is 7.88. The molecule has 0 spiro atoms. The Balaban J connectivity index is 3.17. The second-order valence-electron chi connectivity index (χ2n) is 3.13. The summed E-state index contributed by atoms with van der Waals surface area (Å²) < 4.78 is 26.3. The Morgan fingerprint density at radius 3 is 2.62 bits per heavy atom. The van der Waals surface area contributed by atoms with Crippen molar-refractivity contribution in [3.8, 4) is 5.75 Å². The highest BCUT2D eigenvalue weighted by Gasteiger charge is 2.22. The number of aliphatic carboxylic acids is 1. The van der Waals surface area contributed by atoms with Crippen LogP contribution < -0.4 is 5.73 Å². The van der Waals surface area contributed by atoms with E-state index < -0.39 is 46.4 Å². The van der Waals surface area contributed by atoms with Crippen LogP contribution in [0.5, 0.6) is 5.75 Å². The quantitative estimate of drug-likeness (QED) is 0.707. The molecule has 0 saturated carbocycles. The Morgan fingerprint density at radius 2 is 2.12 bits per heavy atom. The predicted molar refractivity (Wildman–Crippen MR) is 52.3 cm³/mol. The van der Waals surface area contributed by atoms with Crippen molar-refractivity contribution in [2.75, 3.05) is 0 Å². The van der Waals surface area contributed by atoms with Gasteiger partial charge in [-0.2, -0.15) is 0 Å². The highest BCUT2D eigenvalue weighted by molar-refractivity contribution is 6.30. The Hall–Kier alpha value is -1.40. The number of benzene rings is 1. The first-order valence-electron chi connectivity index (χ1n) is 4.18. The van der Waals surface area contributed by atoms with Gasteiger partial charge in [0.2, 0.25) is 0 Å². The summed E-state index contributed by atoms with van der Waals surface area (Å²) in [6.07, 6.45) is -0.551. The van der Waals surface area contributed by atoms with Crippen molar-refractivity contribution >= 4 is 17.6 Å². The number of carboxylic acids is 1. The van der Waals surface area contributed by atoms with E-state index in [1.165, 1.54) is 0 Å². The lowest BCUT2D eigenvalue weighted by Crippen LogP contribution is -2.32. The molecule has 4 nitrogen and oxygen atoms in total. The highest BCUT2D eigenvalue weighted by atomic mass is 35.5. The molecule has 1 rings (SSSR count). The van der Waals surface area contributed by atoms with Crippen molar-refractivity contribution in [1.29, 1.82) is 0 Å². The number of aromatic hydroxyl groups is 1. The predicted octanol–water partition coefficient (Wildman–Crippen LogP) is 1.28. The molecule has 1 unspecified atom stereocenters. The normalized spacial score (nSPS) is 12.5. The first-order chi connectivity index (χ1) is 7.34. The van der Waals surface area contributed by atoms with Gasteiger partial charge in [-0.1, -0.05) is 11.6 Å². The van der Waals surface area contributed by atoms with E-state index in [1.807, 2.05) is 0 Å². The van der Waals surface area contributed by atoms with E-state index in [-0.39, 0.29) is 0 Å². The summed E-state index contributed by atoms with van der Waals surface area (Å²) in [6.45, 7) is 0. The standard InChI is InChI=1S/C9H8ClF2NO3/c10-4-2-5(11)8(14)3(7(4)12)1-6(13)9(15)16/h2,6,14H,1,13H2,(H,15,16). The van der Waals surface area contributed by atoms with E-state index in [4.69, 9.17) is 22.4 Å². The first-order valence-corrected chi connectivity index (χ1v) is 4.56. The van der Waals surface area contributed by atoms with Crippen LogP contribution in [0.3, 0.4) is 0 Å². The van der Waals surface area contributed by atoms with Crippen LogP contribution in [0.2, 0.25) is 5.02 Å². The van der Waals surface area contributed by atoms with Gasteiger partial charge in [-0.15, -0.1) is 0 Å². The molecule has 0 fully saturated rings. The fraction of sp³-hybridized carbons (Fsp3) is 0.222. The Morgan fingerprint density at radius 1 is 1.56 bits per heavy atom. The van der Waals surface area contributed by atoms with Gasteiger partial charge < -0.3 is 15.9 Å². The molecule has 1 aromatic rings. The summed E-state index contributed by atoms with van der Waals surface area (Å²) in [7, 11) is 0. The van der Waals surface area contributed by atoms with Gasteiger partial charge in [0.05, 0.1) is 5.02 Å². The second-order valence-corrected chi connectivity index (χ2v) is 3.54. The number of phenolic OH excluding ortho intramolecular Hbond substituents is 1. The molecule has 0 aliphatic carbocycles. The number of hydrogen-bond donors (Lipinski definition) is 3. The van der Waals surface area contributed by atoms with Crippen molar-refractivity contribution in [2.45, 2.75) is 12.5 Å². The van der Waals surface area contributed by atoms with Gasteiger partial charge in [0.15, 0.2) is 11.6 Å². The number of nitrogens with two attached hydrogens (primary N) is 1. The Kier molecular flexibility index (Phi) is 3.66. The molecule has 1 atom stereocenters. The summed E-state index contributed by atoms with van der Waals surface area (Å²) in [6, 6.07) is -0.847. The molecule has 0 heterocycles. The van der Waals surface area contributed by atoms with Gasteiger partial charge in [-0.25, -0.2) is 8.78 Å². The van der Waals surface area contributed by atoms with E-state index in [0.29, 0.717) is 6.07 Å². The van der Waals surface area contributed by atoms with E-state index in [2.05, 4.69) is 0 Å². The van der Waals surface area contributed by atoms with E-state index >= 15 is 0 Å². The van der Waals surface area contributed by atoms with Crippen molar-refractivity contribution in [3.63, 3.8) is 0 Å². The second kappa shape index (κ2) is 4.63. The average Bonchev–Trinajstić information content (AvgIpc) is 2.21. The molecule has 88 valence electrons. The van der Waals surface area contributed by atoms with Gasteiger partial charge in [0.1, 0.15) is 11.9 Å². The third-order valence-electron chi connectivity index (χ3n) is 1.98. The van der Waals surface area contributed by atoms with E-state index in [9.17, 15) is 18.7 Å². The fourth-order valence-corrected chi connectivity index (χ4v) is 1.34. The van der Waals surface area contributed by atoms with Crippen LogP contribution in [0.15, 0.2) is 6.07 Å². The van der Waals surface area contributed by atoms with Crippen molar-refractivity contribution in [2.24, 2.45) is 5.73 Å². The molecule has 4 N–H and O–H groups in total. The van der Waals surface area contributed by atoms with E-state index in [1.54, 1.807) is 0 Å². The van der Waals surface area contributed by atoms with Gasteiger partial charge in [0.25, 0.3) is 0 Å². The molecule has 0 saturated heterocycles. The molecule has 0 radical (unpaired) electrons. The van der Waals surface area contributed by atoms with Crippen LogP contribution in [-0.2, 0) is 11.2 Å². The van der Waals surface area contributed by atoms with Crippen LogP contribution in [0.25, 0.3) is 0 Å². The van der Waals surface area contributed by atoms with Gasteiger partial charge in [0, 0.05) is 12.0 Å². The largest absolute Gasteiger partial charge is 0.505 e. The molecule has 0 aliphatic rings. The summed E-state index contributed by atoms with van der Waals surface area (Å²) in [5.74, 6) is -4.56. The Bertz CT molecular complexity index is 413. The lowest BCUT2D eigenvalue weighted by molar-refractivity contribution is -0.138. The zero-order valence-corrected chi connectivity index (χ0v) is 8.63. The number of rotatable bonds is 3. The summed E-state index contributed by atoms with van der Waals surface area (Å²) in [5.41, 5.74) is 4.60. The minimum Gasteiger partial charge on any atom is -0.505 e. The summed E-state index contributed by atoms with van der Waals surface area (Å²) in [5, 5.41) is 17.2. The maximum absolute atomic E-state index is 13.4. The van der Waals surface area contributed by atoms with Gasteiger partial charge in [-0.3, -0.25) is 4.79 Å². The van der Waals surface area contributed by atoms with Crippen LogP contribution >= 0.6 is 11.6 Å². The Labute approximate surface area is 94.3 Å². The molecule has 1 aromatic carbocycles.